The highest BCUT2D eigenvalue weighted by atomic mass is 16.7. The number of benzene rings is 2. The summed E-state index contributed by atoms with van der Waals surface area (Å²) in [7, 11) is 1.20. The molecule has 5 aliphatic heterocycles. The van der Waals surface area contributed by atoms with Gasteiger partial charge in [0, 0.05) is 57.1 Å². The van der Waals surface area contributed by atoms with Crippen molar-refractivity contribution in [1.29, 1.82) is 0 Å². The number of esters is 1. The van der Waals surface area contributed by atoms with E-state index in [1.165, 1.54) is 40.0 Å². The van der Waals surface area contributed by atoms with Crippen LogP contribution in [0.15, 0.2) is 12.1 Å². The van der Waals surface area contributed by atoms with Crippen LogP contribution in [-0.2, 0) is 68.1 Å². The van der Waals surface area contributed by atoms with E-state index in [2.05, 4.69) is 6.92 Å². The molecule has 492 valence electrons. The monoisotopic (exact) mass is 1240 g/mol. The Morgan fingerprint density at radius 1 is 0.678 bits per heavy atom. The minimum Gasteiger partial charge on any atom is -0.507 e. The summed E-state index contributed by atoms with van der Waals surface area (Å²) in [5, 5.41) is 112. The third-order valence-corrected chi connectivity index (χ3v) is 18.2. The largest absolute Gasteiger partial charge is 0.507 e. The number of phenolic OH excluding ortho intramolecular Hbond substituents is 2. The molecule has 87 heavy (non-hydrogen) atoms. The molecule has 5 unspecified atom stereocenters. The number of rotatable bonds is 24. The van der Waals surface area contributed by atoms with Gasteiger partial charge in [-0.2, -0.15) is 0 Å². The summed E-state index contributed by atoms with van der Waals surface area (Å²) in [5.74, 6) is -4.72. The molecule has 5 saturated heterocycles. The molecule has 10 N–H and O–H groups in total. The lowest BCUT2D eigenvalue weighted by Gasteiger charge is -2.46. The Bertz CT molecular complexity index is 2620. The molecule has 5 heterocycles. The third-order valence-electron chi connectivity index (χ3n) is 18.2. The van der Waals surface area contributed by atoms with Crippen LogP contribution in [0.25, 0.3) is 10.8 Å². The van der Waals surface area contributed by atoms with E-state index in [-0.39, 0.29) is 78.2 Å². The number of ketones is 2. The van der Waals surface area contributed by atoms with Crippen LogP contribution >= 0.6 is 0 Å². The second-order valence-electron chi connectivity index (χ2n) is 25.0. The highest BCUT2D eigenvalue weighted by molar-refractivity contribution is 6.11. The SMILES string of the molecule is CCCCCCCCCC(=O)O[C@H](C)[C@H](O)C(=O)[C@@H](OC)[C@@H]1Cc2cc3cc(O[C@H]4C[C@@H](O[C@H]5C[C@@H](O)[C@H](O)C(C)O5)[C@H](O)C(C)O4)c(C)c(O)c3c(O)c2C(=O)[C@H]1O[C@H]1C[C@@H](O[C@H]2C[C@@H](O[C@H]3C[C@](C)(O)[C@H](O)C(C)O3)[C@@H](O)C(C)O2)[C@H](O)C(C)O1. The number of carbonyl (C=O) groups excluding carboxylic acids is 3. The molecule has 25 nitrogen and oxygen atoms in total. The Kier molecular flexibility index (Phi) is 23.5. The number of hydrogen-bond acceptors (Lipinski definition) is 25. The van der Waals surface area contributed by atoms with Gasteiger partial charge in [0.15, 0.2) is 42.8 Å². The van der Waals surface area contributed by atoms with Gasteiger partial charge in [-0.3, -0.25) is 14.4 Å². The Morgan fingerprint density at radius 3 is 1.75 bits per heavy atom. The zero-order valence-electron chi connectivity index (χ0n) is 51.5. The summed E-state index contributed by atoms with van der Waals surface area (Å²) in [6.07, 6.45) is -20.4. The first-order valence-electron chi connectivity index (χ1n) is 31.0. The lowest BCUT2D eigenvalue weighted by atomic mass is 9.75. The molecule has 2 aromatic carbocycles. The van der Waals surface area contributed by atoms with Crippen molar-refractivity contribution in [1.82, 2.24) is 0 Å². The van der Waals surface area contributed by atoms with Gasteiger partial charge in [0.25, 0.3) is 0 Å². The highest BCUT2D eigenvalue weighted by Gasteiger charge is 2.52. The van der Waals surface area contributed by atoms with Gasteiger partial charge in [0.2, 0.25) is 6.29 Å². The fraction of sp³-hybridized carbons (Fsp3) is 0.790. The quantitative estimate of drug-likeness (QED) is 0.0531. The third kappa shape index (κ3) is 15.9. The highest BCUT2D eigenvalue weighted by Crippen LogP contribution is 2.48. The first-order valence-corrected chi connectivity index (χ1v) is 31.0. The smallest absolute Gasteiger partial charge is 0.306 e. The number of hydrogen-bond donors (Lipinski definition) is 10. The Labute approximate surface area is 507 Å². The molecular weight excluding hydrogens is 1140 g/mol. The normalized spacial score (nSPS) is 38.6. The number of fused-ring (bicyclic) bond motifs is 2. The van der Waals surface area contributed by atoms with Crippen LogP contribution in [0.1, 0.15) is 160 Å². The van der Waals surface area contributed by atoms with E-state index in [1.54, 1.807) is 34.6 Å². The van der Waals surface area contributed by atoms with Gasteiger partial charge in [0.05, 0.1) is 71.5 Å². The van der Waals surface area contributed by atoms with Crippen LogP contribution in [0.5, 0.6) is 17.2 Å². The number of Topliss-reactive ketones (excluding diaryl/α,β-unsaturated/α-hetero) is 2. The predicted molar refractivity (Wildman–Crippen MR) is 305 cm³/mol. The lowest BCUT2D eigenvalue weighted by molar-refractivity contribution is -0.334. The number of aliphatic hydroxyl groups is 8. The van der Waals surface area contributed by atoms with E-state index >= 15 is 4.79 Å². The number of unbranched alkanes of at least 4 members (excludes halogenated alkanes) is 6. The number of phenols is 2. The molecule has 0 radical (unpaired) electrons. The van der Waals surface area contributed by atoms with Gasteiger partial charge >= 0.3 is 5.97 Å². The van der Waals surface area contributed by atoms with E-state index < -0.39 is 182 Å². The molecule has 25 atom stereocenters. The fourth-order valence-corrected chi connectivity index (χ4v) is 12.9. The first kappa shape index (κ1) is 69.1. The van der Waals surface area contributed by atoms with Crippen LogP contribution in [0, 0.1) is 12.8 Å². The molecule has 5 fully saturated rings. The standard InChI is InChI=1S/C62H94O25/c1-11-12-13-14-15-16-17-18-42(64)77-32(7)55(70)58(73)59(76-10)36-20-34-19-35-21-38(83-44-23-39(52(67)29(4)79-44)84-43-22-37(63)51(66)28(3)78-43)27(2)50(65)48(35)56(71)49(34)57(72)60(36)87-46-25-40(53(68)31(6)81-46)85-45-24-41(54(69)30(5)80-45)86-47-26-62(9,75)61(74)33(8)82-47/h19,21,28-33,36-37,39-41,43-47,51-55,59-61,63,65-71,74-75H,11-18,20,22-26H2,1-10H3/t28?,29?,30?,31?,32-,33?,36+,37-,39-,40-,41-,43+,44+,45+,46+,47+,51-,52-,53-,54+,55+,59+,60+,61-,62+/m1/s1. The van der Waals surface area contributed by atoms with E-state index in [1.807, 2.05) is 0 Å². The maximum Gasteiger partial charge on any atom is 0.306 e. The summed E-state index contributed by atoms with van der Waals surface area (Å²) >= 11 is 0. The molecule has 0 amide bonds. The van der Waals surface area contributed by atoms with Gasteiger partial charge in [0.1, 0.15) is 66.1 Å². The van der Waals surface area contributed by atoms with Gasteiger partial charge in [-0.05, 0) is 91.3 Å². The molecule has 0 aromatic heterocycles. The van der Waals surface area contributed by atoms with Crippen molar-refractivity contribution in [2.75, 3.05) is 7.11 Å². The van der Waals surface area contributed by atoms with E-state index in [0.717, 1.165) is 38.5 Å². The van der Waals surface area contributed by atoms with Gasteiger partial charge in [-0.15, -0.1) is 0 Å². The zero-order valence-corrected chi connectivity index (χ0v) is 51.5. The van der Waals surface area contributed by atoms with Crippen LogP contribution < -0.4 is 4.74 Å². The number of aromatic hydroxyl groups is 2. The second kappa shape index (κ2) is 29.6. The van der Waals surface area contributed by atoms with Crippen LogP contribution in [0.4, 0.5) is 0 Å². The van der Waals surface area contributed by atoms with Crippen molar-refractivity contribution in [3.63, 3.8) is 0 Å². The van der Waals surface area contributed by atoms with Gasteiger partial charge < -0.3 is 108 Å². The van der Waals surface area contributed by atoms with Crippen molar-refractivity contribution in [3.8, 4) is 17.2 Å². The van der Waals surface area contributed by atoms with Crippen molar-refractivity contribution in [2.45, 2.75) is 299 Å². The lowest BCUT2D eigenvalue weighted by Crippen LogP contribution is -2.58. The topological polar surface area (TPSA) is 364 Å². The summed E-state index contributed by atoms with van der Waals surface area (Å²) in [4.78, 5) is 43.0. The predicted octanol–water partition coefficient (Wildman–Crippen LogP) is 3.44. The van der Waals surface area contributed by atoms with Crippen molar-refractivity contribution in [3.05, 3.63) is 28.8 Å². The van der Waals surface area contributed by atoms with E-state index in [0.29, 0.717) is 6.42 Å². The van der Waals surface area contributed by atoms with Crippen molar-refractivity contribution >= 4 is 28.3 Å². The molecule has 6 aliphatic rings. The average molecular weight is 1240 g/mol. The number of methoxy groups -OCH3 is 1. The minimum atomic E-state index is -1.94. The Hall–Kier alpha value is -3.81. The fourth-order valence-electron chi connectivity index (χ4n) is 12.9. The van der Waals surface area contributed by atoms with E-state index in [4.69, 9.17) is 56.8 Å². The molecule has 0 bridgehead atoms. The molecule has 1 aliphatic carbocycles. The van der Waals surface area contributed by atoms with Crippen molar-refractivity contribution < 1.29 is 122 Å². The molecule has 0 spiro atoms. The zero-order chi connectivity index (χ0) is 63.5. The molecular formula is C62H94O25. The van der Waals surface area contributed by atoms with Crippen LogP contribution in [0.3, 0.4) is 0 Å². The number of aliphatic hydroxyl groups excluding tert-OH is 7. The van der Waals surface area contributed by atoms with Crippen LogP contribution in [-0.4, -0.2) is 223 Å². The summed E-state index contributed by atoms with van der Waals surface area (Å²) in [5.41, 5.74) is -1.50. The summed E-state index contributed by atoms with van der Waals surface area (Å²) in [6.45, 7) is 14.4. The molecule has 2 aromatic rings. The summed E-state index contributed by atoms with van der Waals surface area (Å²) in [6, 6.07) is 3.05. The minimum absolute atomic E-state index is 0.0458. The maximum atomic E-state index is 15.3. The number of ether oxygens (including phenoxy) is 12. The molecule has 25 heteroatoms. The van der Waals surface area contributed by atoms with E-state index in [9.17, 15) is 60.7 Å². The van der Waals surface area contributed by atoms with Gasteiger partial charge in [-0.1, -0.05) is 45.4 Å². The Balaban J connectivity index is 1.05. The number of carbonyl (C=O) groups is 3. The van der Waals surface area contributed by atoms with Gasteiger partial charge in [-0.25, -0.2) is 0 Å². The average Bonchev–Trinajstić information content (AvgIpc) is 0.945. The maximum absolute atomic E-state index is 15.3. The molecule has 0 saturated carbocycles. The second-order valence-corrected chi connectivity index (χ2v) is 25.0. The van der Waals surface area contributed by atoms with Crippen LogP contribution in [0.2, 0.25) is 0 Å². The van der Waals surface area contributed by atoms with Crippen molar-refractivity contribution in [2.24, 2.45) is 5.92 Å². The summed E-state index contributed by atoms with van der Waals surface area (Å²) < 4.78 is 72.9. The first-order chi connectivity index (χ1) is 41.1. The molecule has 8 rings (SSSR count). The Morgan fingerprint density at radius 2 is 1.18 bits per heavy atom.